The number of rotatable bonds is 8. The first kappa shape index (κ1) is 26.2. The molecular formula is C27H45N. The molecule has 0 bridgehead atoms. The Balaban J connectivity index is 6.09. The molecule has 0 spiro atoms. The van der Waals surface area contributed by atoms with Crippen molar-refractivity contribution in [1.29, 1.82) is 0 Å². The van der Waals surface area contributed by atoms with Crippen LogP contribution < -0.4 is 5.73 Å². The van der Waals surface area contributed by atoms with Crippen molar-refractivity contribution in [3.05, 3.63) is 71.5 Å². The molecule has 0 aliphatic rings. The summed E-state index contributed by atoms with van der Waals surface area (Å²) >= 11 is 0. The van der Waals surface area contributed by atoms with Gasteiger partial charge in [-0.15, -0.1) is 0 Å². The molecule has 0 aliphatic carbocycles. The molecule has 0 heterocycles. The third-order valence-corrected chi connectivity index (χ3v) is 6.21. The van der Waals surface area contributed by atoms with E-state index in [4.69, 9.17) is 5.73 Å². The van der Waals surface area contributed by atoms with Crippen molar-refractivity contribution < 1.29 is 0 Å². The van der Waals surface area contributed by atoms with Crippen LogP contribution in [0.4, 0.5) is 0 Å². The quantitative estimate of drug-likeness (QED) is 0.332. The zero-order valence-corrected chi connectivity index (χ0v) is 20.4. The average Bonchev–Trinajstić information content (AvgIpc) is 2.56. The van der Waals surface area contributed by atoms with Crippen LogP contribution in [0.5, 0.6) is 0 Å². The Kier molecular flexibility index (Phi) is 10.0. The number of nitrogens with two attached hydrogens (primary N) is 1. The second kappa shape index (κ2) is 10.7. The van der Waals surface area contributed by atoms with Crippen LogP contribution in [0.25, 0.3) is 0 Å². The molecule has 0 radical (unpaired) electrons. The molecule has 0 aromatic carbocycles. The minimum absolute atomic E-state index is 0.0402. The van der Waals surface area contributed by atoms with E-state index >= 15 is 0 Å². The molecule has 0 aromatic heterocycles. The summed E-state index contributed by atoms with van der Waals surface area (Å²) in [6.07, 6.45) is 19.4. The molecule has 0 aromatic rings. The highest BCUT2D eigenvalue weighted by molar-refractivity contribution is 5.34. The molecule has 0 saturated heterocycles. The molecule has 28 heavy (non-hydrogen) atoms. The lowest BCUT2D eigenvalue weighted by molar-refractivity contribution is 0.252. The van der Waals surface area contributed by atoms with Crippen molar-refractivity contribution in [2.45, 2.75) is 76.2 Å². The lowest BCUT2D eigenvalue weighted by Crippen LogP contribution is -2.33. The Morgan fingerprint density at radius 1 is 0.857 bits per heavy atom. The highest BCUT2D eigenvalue weighted by Crippen LogP contribution is 2.47. The minimum atomic E-state index is -0.0878. The molecule has 1 unspecified atom stereocenters. The molecule has 1 heteroatoms. The van der Waals surface area contributed by atoms with Crippen molar-refractivity contribution in [1.82, 2.24) is 0 Å². The van der Waals surface area contributed by atoms with E-state index in [1.165, 1.54) is 16.7 Å². The van der Waals surface area contributed by atoms with Crippen LogP contribution in [0, 0.1) is 22.2 Å². The lowest BCUT2D eigenvalue weighted by atomic mass is 9.62. The van der Waals surface area contributed by atoms with E-state index in [9.17, 15) is 0 Å². The van der Waals surface area contributed by atoms with E-state index in [0.717, 1.165) is 0 Å². The number of hydrogen-bond acceptors (Lipinski definition) is 1. The van der Waals surface area contributed by atoms with E-state index in [0.29, 0.717) is 5.92 Å². The predicted molar refractivity (Wildman–Crippen MR) is 129 cm³/mol. The fraction of sp³-hybridized carbons (Fsp3) is 0.556. The van der Waals surface area contributed by atoms with Crippen molar-refractivity contribution in [3.8, 4) is 0 Å². The largest absolute Gasteiger partial charge is 0.405 e. The van der Waals surface area contributed by atoms with Gasteiger partial charge in [0, 0.05) is 5.41 Å². The summed E-state index contributed by atoms with van der Waals surface area (Å²) < 4.78 is 0. The minimum Gasteiger partial charge on any atom is -0.405 e. The Morgan fingerprint density at radius 3 is 1.86 bits per heavy atom. The second-order valence-corrected chi connectivity index (χ2v) is 9.91. The fourth-order valence-electron chi connectivity index (χ4n) is 2.92. The van der Waals surface area contributed by atoms with Crippen LogP contribution in [-0.4, -0.2) is 0 Å². The summed E-state index contributed by atoms with van der Waals surface area (Å²) in [6, 6.07) is 0. The molecule has 2 N–H and O–H groups in total. The Hall–Kier alpha value is -1.76. The van der Waals surface area contributed by atoms with Gasteiger partial charge in [-0.25, -0.2) is 0 Å². The van der Waals surface area contributed by atoms with Gasteiger partial charge in [0.1, 0.15) is 0 Å². The van der Waals surface area contributed by atoms with Crippen LogP contribution in [0.3, 0.4) is 0 Å². The molecule has 0 saturated carbocycles. The average molecular weight is 384 g/mol. The van der Waals surface area contributed by atoms with Gasteiger partial charge >= 0.3 is 0 Å². The summed E-state index contributed by atoms with van der Waals surface area (Å²) in [5.41, 5.74) is 9.56. The van der Waals surface area contributed by atoms with E-state index in [1.807, 2.05) is 6.08 Å². The Bertz CT molecular complexity index is 670. The SMILES string of the molecule is C/C=C\C(C)(/C=C\C=C(/C)C(C)C)C(C)(C)/C(C)=C/C=C(\C=C/N)C(C)(C)C. The maximum absolute atomic E-state index is 5.66. The van der Waals surface area contributed by atoms with Crippen molar-refractivity contribution >= 4 is 0 Å². The van der Waals surface area contributed by atoms with Gasteiger partial charge in [-0.3, -0.25) is 0 Å². The summed E-state index contributed by atoms with van der Waals surface area (Å²) in [5, 5.41) is 0. The van der Waals surface area contributed by atoms with Crippen LogP contribution in [0.2, 0.25) is 0 Å². The molecular weight excluding hydrogens is 338 g/mol. The fourth-order valence-corrected chi connectivity index (χ4v) is 2.92. The van der Waals surface area contributed by atoms with Crippen molar-refractivity contribution in [2.75, 3.05) is 0 Å². The molecule has 0 amide bonds. The molecule has 0 aliphatic heterocycles. The first-order valence-corrected chi connectivity index (χ1v) is 10.5. The zero-order chi connectivity index (χ0) is 22.2. The predicted octanol–water partition coefficient (Wildman–Crippen LogP) is 8.14. The summed E-state index contributed by atoms with van der Waals surface area (Å²) in [4.78, 5) is 0. The molecule has 158 valence electrons. The van der Waals surface area contributed by atoms with Crippen molar-refractivity contribution in [3.63, 3.8) is 0 Å². The number of allylic oxidation sites excluding steroid dienone is 11. The van der Waals surface area contributed by atoms with Crippen molar-refractivity contribution in [2.24, 2.45) is 27.9 Å². The third kappa shape index (κ3) is 7.34. The molecule has 1 atom stereocenters. The smallest absolute Gasteiger partial charge is 0.0124 e. The summed E-state index contributed by atoms with van der Waals surface area (Å²) in [5.74, 6) is 0.573. The van der Waals surface area contributed by atoms with Gasteiger partial charge in [-0.1, -0.05) is 109 Å². The first-order chi connectivity index (χ1) is 12.7. The van der Waals surface area contributed by atoms with Gasteiger partial charge in [0.05, 0.1) is 0 Å². The van der Waals surface area contributed by atoms with Gasteiger partial charge in [0.25, 0.3) is 0 Å². The topological polar surface area (TPSA) is 26.0 Å². The summed E-state index contributed by atoms with van der Waals surface area (Å²) in [6.45, 7) is 24.6. The van der Waals surface area contributed by atoms with Gasteiger partial charge in [-0.05, 0) is 55.4 Å². The second-order valence-electron chi connectivity index (χ2n) is 9.91. The highest BCUT2D eigenvalue weighted by Gasteiger charge is 2.37. The van der Waals surface area contributed by atoms with Crippen LogP contribution >= 0.6 is 0 Å². The highest BCUT2D eigenvalue weighted by atomic mass is 14.5. The van der Waals surface area contributed by atoms with E-state index < -0.39 is 0 Å². The standard InChI is InChI=1S/C27H45N/c1-12-18-27(11,19-13-14-22(4)21(2)3)26(9,10)23(5)15-16-24(17-20-28)25(6,7)8/h12-21H,28H2,1-11H3/b18-12-,19-13-,20-17-,22-14+,23-15+,24-16+. The zero-order valence-electron chi connectivity index (χ0n) is 20.4. The van der Waals surface area contributed by atoms with Gasteiger partial charge in [-0.2, -0.15) is 0 Å². The van der Waals surface area contributed by atoms with Crippen LogP contribution in [0.15, 0.2) is 71.5 Å². The molecule has 0 fully saturated rings. The van der Waals surface area contributed by atoms with E-state index in [1.54, 1.807) is 6.20 Å². The maximum Gasteiger partial charge on any atom is 0.0124 e. The van der Waals surface area contributed by atoms with Gasteiger partial charge in [0.2, 0.25) is 0 Å². The third-order valence-electron chi connectivity index (χ3n) is 6.21. The lowest BCUT2D eigenvalue weighted by Gasteiger charge is -2.41. The normalized spacial score (nSPS) is 18.1. The number of hydrogen-bond donors (Lipinski definition) is 1. The molecule has 0 rings (SSSR count). The first-order valence-electron chi connectivity index (χ1n) is 10.5. The maximum atomic E-state index is 5.66. The summed E-state index contributed by atoms with van der Waals surface area (Å²) in [7, 11) is 0. The van der Waals surface area contributed by atoms with Crippen LogP contribution in [0.1, 0.15) is 76.2 Å². The molecule has 1 nitrogen and oxygen atoms in total. The van der Waals surface area contributed by atoms with Gasteiger partial charge in [0.15, 0.2) is 0 Å². The van der Waals surface area contributed by atoms with Crippen LogP contribution in [-0.2, 0) is 0 Å². The van der Waals surface area contributed by atoms with E-state index in [-0.39, 0.29) is 16.2 Å². The Labute approximate surface area is 175 Å². The monoisotopic (exact) mass is 383 g/mol. The van der Waals surface area contributed by atoms with E-state index in [2.05, 4.69) is 119 Å². The Morgan fingerprint density at radius 2 is 1.43 bits per heavy atom. The van der Waals surface area contributed by atoms with Gasteiger partial charge < -0.3 is 5.73 Å².